The van der Waals surface area contributed by atoms with Crippen molar-refractivity contribution in [2.24, 2.45) is 0 Å². The van der Waals surface area contributed by atoms with Crippen LogP contribution in [-0.4, -0.2) is 30.1 Å². The fourth-order valence-corrected chi connectivity index (χ4v) is 1.59. The van der Waals surface area contributed by atoms with Crippen molar-refractivity contribution in [3.8, 4) is 0 Å². The predicted molar refractivity (Wildman–Crippen MR) is 41.0 cm³/mol. The minimum atomic E-state index is -0.254. The average molecular weight is 175 g/mol. The van der Waals surface area contributed by atoms with Gasteiger partial charge in [0.2, 0.25) is 5.91 Å². The molecule has 0 radical (unpaired) electrons. The average Bonchev–Trinajstić information content (AvgIpc) is 1.95. The summed E-state index contributed by atoms with van der Waals surface area (Å²) in [5.41, 5.74) is 0. The molecule has 1 atom stereocenters. The SMILES string of the molecule is COC(=O)CSC1CC(=O)N1. The summed E-state index contributed by atoms with van der Waals surface area (Å²) in [7, 11) is 1.35. The molecule has 0 aromatic heterocycles. The van der Waals surface area contributed by atoms with Gasteiger partial charge in [-0.3, -0.25) is 9.59 Å². The van der Waals surface area contributed by atoms with Crippen LogP contribution in [0.25, 0.3) is 0 Å². The number of carbonyl (C=O) groups excluding carboxylic acids is 2. The highest BCUT2D eigenvalue weighted by atomic mass is 32.2. The van der Waals surface area contributed by atoms with Gasteiger partial charge in [-0.15, -0.1) is 11.8 Å². The molecule has 1 saturated heterocycles. The van der Waals surface area contributed by atoms with Crippen LogP contribution in [0.15, 0.2) is 0 Å². The Hall–Kier alpha value is -0.710. The van der Waals surface area contributed by atoms with Crippen molar-refractivity contribution in [2.75, 3.05) is 12.9 Å². The molecule has 1 N–H and O–H groups in total. The topological polar surface area (TPSA) is 55.4 Å². The second-order valence-electron chi connectivity index (χ2n) is 2.15. The van der Waals surface area contributed by atoms with Crippen LogP contribution in [0.4, 0.5) is 0 Å². The molecule has 0 aromatic carbocycles. The Morgan fingerprint density at radius 1 is 1.91 bits per heavy atom. The fraction of sp³-hybridized carbons (Fsp3) is 0.667. The van der Waals surface area contributed by atoms with Gasteiger partial charge in [0.05, 0.1) is 24.7 Å². The molecule has 1 aliphatic rings. The summed E-state index contributed by atoms with van der Waals surface area (Å²) in [6.07, 6.45) is 0.516. The van der Waals surface area contributed by atoms with Crippen LogP contribution in [0.3, 0.4) is 0 Å². The Morgan fingerprint density at radius 2 is 2.55 bits per heavy atom. The molecule has 1 fully saturated rings. The van der Waals surface area contributed by atoms with Crippen molar-refractivity contribution < 1.29 is 14.3 Å². The lowest BCUT2D eigenvalue weighted by Gasteiger charge is -2.25. The van der Waals surface area contributed by atoms with E-state index in [1.165, 1.54) is 18.9 Å². The maximum atomic E-state index is 10.6. The lowest BCUT2D eigenvalue weighted by molar-refractivity contribution is -0.137. The number of carbonyl (C=O) groups is 2. The Labute approximate surface area is 68.7 Å². The van der Waals surface area contributed by atoms with E-state index in [1.807, 2.05) is 0 Å². The number of rotatable bonds is 3. The van der Waals surface area contributed by atoms with E-state index < -0.39 is 0 Å². The number of methoxy groups -OCH3 is 1. The zero-order valence-electron chi connectivity index (χ0n) is 6.12. The van der Waals surface area contributed by atoms with E-state index >= 15 is 0 Å². The summed E-state index contributed by atoms with van der Waals surface area (Å²) in [5.74, 6) is 0.102. The first kappa shape index (κ1) is 8.39. The maximum absolute atomic E-state index is 10.6. The molecule has 4 nitrogen and oxygen atoms in total. The number of thioether (sulfide) groups is 1. The van der Waals surface area contributed by atoms with Gasteiger partial charge >= 0.3 is 5.97 Å². The first-order valence-corrected chi connectivity index (χ1v) is 4.25. The zero-order valence-corrected chi connectivity index (χ0v) is 6.94. The molecular weight excluding hydrogens is 166 g/mol. The first-order valence-electron chi connectivity index (χ1n) is 3.20. The van der Waals surface area contributed by atoms with E-state index in [1.54, 1.807) is 0 Å². The lowest BCUT2D eigenvalue weighted by atomic mass is 10.3. The van der Waals surface area contributed by atoms with Gasteiger partial charge in [0.1, 0.15) is 0 Å². The van der Waals surface area contributed by atoms with Crippen LogP contribution < -0.4 is 5.32 Å². The smallest absolute Gasteiger partial charge is 0.315 e. The van der Waals surface area contributed by atoms with Crippen LogP contribution in [-0.2, 0) is 14.3 Å². The van der Waals surface area contributed by atoms with Crippen LogP contribution >= 0.6 is 11.8 Å². The van der Waals surface area contributed by atoms with E-state index in [4.69, 9.17) is 0 Å². The van der Waals surface area contributed by atoms with Crippen LogP contribution in [0.2, 0.25) is 0 Å². The van der Waals surface area contributed by atoms with Crippen molar-refractivity contribution in [1.82, 2.24) is 5.32 Å². The molecule has 1 heterocycles. The van der Waals surface area contributed by atoms with Gasteiger partial charge < -0.3 is 10.1 Å². The van der Waals surface area contributed by atoms with E-state index in [0.717, 1.165) is 0 Å². The molecule has 1 aliphatic heterocycles. The standard InChI is InChI=1S/C6H9NO3S/c1-10-6(9)3-11-5-2-4(8)7-5/h5H,2-3H2,1H3,(H,7,8). The van der Waals surface area contributed by atoms with Gasteiger partial charge in [0.25, 0.3) is 0 Å². The Morgan fingerprint density at radius 3 is 3.00 bits per heavy atom. The Bertz CT molecular complexity index is 175. The van der Waals surface area contributed by atoms with Crippen molar-refractivity contribution in [1.29, 1.82) is 0 Å². The summed E-state index contributed by atoms with van der Waals surface area (Å²) in [6, 6.07) is 0. The van der Waals surface area contributed by atoms with Gasteiger partial charge in [-0.25, -0.2) is 0 Å². The molecule has 0 aromatic rings. The van der Waals surface area contributed by atoms with Gasteiger partial charge in [-0.2, -0.15) is 0 Å². The van der Waals surface area contributed by atoms with Gasteiger partial charge in [0.15, 0.2) is 0 Å². The highest BCUT2D eigenvalue weighted by Crippen LogP contribution is 2.18. The summed E-state index contributed by atoms with van der Waals surface area (Å²) >= 11 is 1.39. The van der Waals surface area contributed by atoms with Crippen LogP contribution in [0.5, 0.6) is 0 Å². The van der Waals surface area contributed by atoms with E-state index in [0.29, 0.717) is 12.2 Å². The quantitative estimate of drug-likeness (QED) is 0.474. The lowest BCUT2D eigenvalue weighted by Crippen LogP contribution is -2.46. The molecule has 62 valence electrons. The monoisotopic (exact) mass is 175 g/mol. The molecule has 0 saturated carbocycles. The number of ether oxygens (including phenoxy) is 1. The fourth-order valence-electron chi connectivity index (χ4n) is 0.655. The van der Waals surface area contributed by atoms with E-state index in [2.05, 4.69) is 10.1 Å². The third-order valence-corrected chi connectivity index (χ3v) is 2.41. The minimum absolute atomic E-state index is 0.0485. The summed E-state index contributed by atoms with van der Waals surface area (Å²) < 4.78 is 4.42. The molecule has 1 unspecified atom stereocenters. The number of amides is 1. The minimum Gasteiger partial charge on any atom is -0.468 e. The third kappa shape index (κ3) is 2.42. The van der Waals surface area contributed by atoms with Crippen molar-refractivity contribution >= 4 is 23.6 Å². The van der Waals surface area contributed by atoms with Crippen LogP contribution in [0.1, 0.15) is 6.42 Å². The maximum Gasteiger partial charge on any atom is 0.315 e. The zero-order chi connectivity index (χ0) is 8.27. The number of nitrogens with one attached hydrogen (secondary N) is 1. The van der Waals surface area contributed by atoms with Gasteiger partial charge in [-0.05, 0) is 0 Å². The molecule has 11 heavy (non-hydrogen) atoms. The molecule has 0 bridgehead atoms. The second kappa shape index (κ2) is 3.61. The largest absolute Gasteiger partial charge is 0.468 e. The van der Waals surface area contributed by atoms with Gasteiger partial charge in [-0.1, -0.05) is 0 Å². The number of hydrogen-bond acceptors (Lipinski definition) is 4. The van der Waals surface area contributed by atoms with E-state index in [-0.39, 0.29) is 17.3 Å². The number of hydrogen-bond donors (Lipinski definition) is 1. The van der Waals surface area contributed by atoms with E-state index in [9.17, 15) is 9.59 Å². The van der Waals surface area contributed by atoms with Gasteiger partial charge in [0, 0.05) is 0 Å². The van der Waals surface area contributed by atoms with Crippen molar-refractivity contribution in [2.45, 2.75) is 11.8 Å². The molecule has 1 rings (SSSR count). The van der Waals surface area contributed by atoms with Crippen molar-refractivity contribution in [3.05, 3.63) is 0 Å². The summed E-state index contributed by atoms with van der Waals surface area (Å²) in [4.78, 5) is 21.0. The molecule has 1 amide bonds. The number of esters is 1. The normalized spacial score (nSPS) is 21.9. The molecule has 0 aliphatic carbocycles. The second-order valence-corrected chi connectivity index (χ2v) is 3.34. The predicted octanol–water partition coefficient (Wildman–Crippen LogP) is -0.261. The molecule has 0 spiro atoms. The highest BCUT2D eigenvalue weighted by molar-refractivity contribution is 8.00. The third-order valence-electron chi connectivity index (χ3n) is 1.32. The van der Waals surface area contributed by atoms with Crippen molar-refractivity contribution in [3.63, 3.8) is 0 Å². The highest BCUT2D eigenvalue weighted by Gasteiger charge is 2.25. The molecule has 5 heteroatoms. The number of β-lactam (4-membered cyclic amide) rings is 1. The summed E-state index contributed by atoms with van der Waals surface area (Å²) in [5, 5.41) is 2.75. The Balaban J connectivity index is 2.04. The molecular formula is C6H9NO3S. The van der Waals surface area contributed by atoms with Crippen LogP contribution in [0, 0.1) is 0 Å². The first-order chi connectivity index (χ1) is 5.22. The Kier molecular flexibility index (Phi) is 2.76. The summed E-state index contributed by atoms with van der Waals surface area (Å²) in [6.45, 7) is 0.